The number of benzene rings is 1. The Labute approximate surface area is 304 Å². The second-order valence-corrected chi connectivity index (χ2v) is 15.7. The lowest BCUT2D eigenvalue weighted by molar-refractivity contribution is -0.116. The molecule has 11 nitrogen and oxygen atoms in total. The molecule has 2 heterocycles. The zero-order valence-corrected chi connectivity index (χ0v) is 32.1. The summed E-state index contributed by atoms with van der Waals surface area (Å²) in [5.41, 5.74) is 6.64. The lowest BCUT2D eigenvalue weighted by Gasteiger charge is -2.30. The Bertz CT molecular complexity index is 1380. The minimum Gasteiger partial charge on any atom is -0.378 e. The normalized spacial score (nSPS) is 14.2. The summed E-state index contributed by atoms with van der Waals surface area (Å²) >= 11 is 6.09. The fraction of sp³-hybridized carbons (Fsp3) is 0.703. The molecule has 0 aliphatic heterocycles. The SMILES string of the molecule is CCCCCCCCCCCCCCCCCCOC[C@](C)(COP(=O)(O)COCCn1cnc2c(Cl)nc(N)nc21)OCc1ccccc1. The molecule has 50 heavy (non-hydrogen) atoms. The predicted octanol–water partition coefficient (Wildman–Crippen LogP) is 9.49. The van der Waals surface area contributed by atoms with E-state index in [9.17, 15) is 9.46 Å². The Morgan fingerprint density at radius 3 is 2.06 bits per heavy atom. The number of unbranched alkanes of at least 4 members (excludes halogenated alkanes) is 15. The van der Waals surface area contributed by atoms with E-state index < -0.39 is 19.5 Å². The summed E-state index contributed by atoms with van der Waals surface area (Å²) < 4.78 is 37.8. The van der Waals surface area contributed by atoms with E-state index in [1.165, 1.54) is 89.9 Å². The van der Waals surface area contributed by atoms with E-state index in [0.717, 1.165) is 18.4 Å². The largest absolute Gasteiger partial charge is 0.378 e. The van der Waals surface area contributed by atoms with Gasteiger partial charge in [0.25, 0.3) is 0 Å². The molecule has 0 aliphatic rings. The first kappa shape index (κ1) is 42.3. The maximum atomic E-state index is 12.9. The average Bonchev–Trinajstić information content (AvgIpc) is 3.51. The quantitative estimate of drug-likeness (QED) is 0.0386. The zero-order valence-electron chi connectivity index (χ0n) is 30.4. The fourth-order valence-electron chi connectivity index (χ4n) is 5.70. The summed E-state index contributed by atoms with van der Waals surface area (Å²) in [6.07, 6.45) is 22.2. The number of nitrogens with two attached hydrogens (primary N) is 1. The molecule has 1 aromatic carbocycles. The van der Waals surface area contributed by atoms with Gasteiger partial charge in [-0.2, -0.15) is 9.97 Å². The van der Waals surface area contributed by atoms with Gasteiger partial charge < -0.3 is 33.9 Å². The number of anilines is 1. The monoisotopic (exact) mass is 737 g/mol. The molecule has 0 aliphatic carbocycles. The van der Waals surface area contributed by atoms with Crippen LogP contribution in [0.3, 0.4) is 0 Å². The van der Waals surface area contributed by atoms with Gasteiger partial charge in [0.15, 0.2) is 10.8 Å². The van der Waals surface area contributed by atoms with Gasteiger partial charge in [0.05, 0.1) is 32.8 Å². The van der Waals surface area contributed by atoms with Crippen LogP contribution in [0.15, 0.2) is 36.7 Å². The highest BCUT2D eigenvalue weighted by Gasteiger charge is 2.31. The molecule has 0 fully saturated rings. The van der Waals surface area contributed by atoms with Gasteiger partial charge in [-0.25, -0.2) is 4.98 Å². The summed E-state index contributed by atoms with van der Waals surface area (Å²) in [5, 5.41) is 0.159. The molecule has 282 valence electrons. The highest BCUT2D eigenvalue weighted by atomic mass is 35.5. The van der Waals surface area contributed by atoms with Crippen LogP contribution in [0, 0.1) is 0 Å². The lowest BCUT2D eigenvalue weighted by atomic mass is 10.0. The summed E-state index contributed by atoms with van der Waals surface area (Å²) in [5.74, 6) is 0.0324. The van der Waals surface area contributed by atoms with Crippen molar-refractivity contribution in [3.05, 3.63) is 47.4 Å². The summed E-state index contributed by atoms with van der Waals surface area (Å²) in [7, 11) is -4.08. The first-order valence-corrected chi connectivity index (χ1v) is 20.8. The Morgan fingerprint density at radius 2 is 1.44 bits per heavy atom. The first-order valence-electron chi connectivity index (χ1n) is 18.6. The van der Waals surface area contributed by atoms with Crippen molar-refractivity contribution in [2.24, 2.45) is 0 Å². The second-order valence-electron chi connectivity index (χ2n) is 13.5. The highest BCUT2D eigenvalue weighted by molar-refractivity contribution is 7.52. The predicted molar refractivity (Wildman–Crippen MR) is 201 cm³/mol. The second kappa shape index (κ2) is 24.2. The number of fused-ring (bicyclic) bond motifs is 1. The molecule has 0 saturated carbocycles. The molecule has 0 radical (unpaired) electrons. The molecule has 0 bridgehead atoms. The van der Waals surface area contributed by atoms with Crippen molar-refractivity contribution < 1.29 is 28.2 Å². The van der Waals surface area contributed by atoms with E-state index in [1.807, 2.05) is 37.3 Å². The number of imidazole rings is 1. The van der Waals surface area contributed by atoms with Crippen LogP contribution in [-0.2, 0) is 36.5 Å². The molecule has 2 atom stereocenters. The molecular formula is C37H61ClN5O6P. The summed E-state index contributed by atoms with van der Waals surface area (Å²) in [6, 6.07) is 9.79. The van der Waals surface area contributed by atoms with Crippen LogP contribution in [0.25, 0.3) is 11.2 Å². The molecule has 1 unspecified atom stereocenters. The third-order valence-corrected chi connectivity index (χ3v) is 10.0. The topological polar surface area (TPSA) is 144 Å². The standard InChI is InChI=1S/C37H61ClN5O6P/c1-3-4-5-6-7-8-9-10-11-12-13-14-15-16-17-21-25-46-28-37(2,48-27-32-22-19-18-20-23-32)29-49-50(44,45)31-47-26-24-43-30-40-33-34(38)41-36(39)42-35(33)43/h18-20,22-23,30H,3-17,21,24-29,31H2,1-2H3,(H,44,45)(H2,39,41,42)/t37-/m1/s1. The van der Waals surface area contributed by atoms with Crippen LogP contribution in [0.4, 0.5) is 5.95 Å². The molecule has 0 saturated heterocycles. The number of ether oxygens (including phenoxy) is 3. The lowest BCUT2D eigenvalue weighted by Crippen LogP contribution is -2.39. The van der Waals surface area contributed by atoms with Gasteiger partial charge in [0.2, 0.25) is 5.95 Å². The number of rotatable bonds is 30. The van der Waals surface area contributed by atoms with Crippen LogP contribution in [0.1, 0.15) is 122 Å². The van der Waals surface area contributed by atoms with Gasteiger partial charge in [0.1, 0.15) is 17.5 Å². The van der Waals surface area contributed by atoms with E-state index in [4.69, 9.17) is 36.1 Å². The maximum absolute atomic E-state index is 12.9. The van der Waals surface area contributed by atoms with Crippen molar-refractivity contribution >= 4 is 36.3 Å². The van der Waals surface area contributed by atoms with Crippen molar-refractivity contribution in [2.45, 2.75) is 135 Å². The van der Waals surface area contributed by atoms with Crippen LogP contribution in [0.5, 0.6) is 0 Å². The molecule has 0 spiro atoms. The molecule has 3 rings (SSSR count). The van der Waals surface area contributed by atoms with Crippen molar-refractivity contribution in [2.75, 3.05) is 38.5 Å². The smallest absolute Gasteiger partial charge is 0.353 e. The van der Waals surface area contributed by atoms with Crippen LogP contribution in [-0.4, -0.2) is 62.8 Å². The minimum absolute atomic E-state index is 0.0324. The Morgan fingerprint density at radius 1 is 0.840 bits per heavy atom. The minimum atomic E-state index is -4.08. The summed E-state index contributed by atoms with van der Waals surface area (Å²) in [6.45, 7) is 5.58. The molecule has 0 amide bonds. The van der Waals surface area contributed by atoms with Gasteiger partial charge in [-0.05, 0) is 18.9 Å². The van der Waals surface area contributed by atoms with Gasteiger partial charge in [0, 0.05) is 13.2 Å². The van der Waals surface area contributed by atoms with Crippen LogP contribution in [0.2, 0.25) is 5.15 Å². The number of halogens is 1. The van der Waals surface area contributed by atoms with Gasteiger partial charge in [-0.1, -0.05) is 145 Å². The molecular weight excluding hydrogens is 677 g/mol. The van der Waals surface area contributed by atoms with Gasteiger partial charge >= 0.3 is 7.60 Å². The molecule has 2 aromatic heterocycles. The average molecular weight is 738 g/mol. The third-order valence-electron chi connectivity index (χ3n) is 8.72. The Kier molecular flexibility index (Phi) is 20.5. The van der Waals surface area contributed by atoms with Crippen molar-refractivity contribution in [1.29, 1.82) is 0 Å². The Hall–Kier alpha value is -2.11. The van der Waals surface area contributed by atoms with Gasteiger partial charge in [-0.3, -0.25) is 4.57 Å². The van der Waals surface area contributed by atoms with Crippen LogP contribution < -0.4 is 5.73 Å². The third kappa shape index (κ3) is 17.4. The van der Waals surface area contributed by atoms with E-state index in [0.29, 0.717) is 30.9 Å². The first-order chi connectivity index (χ1) is 24.2. The maximum Gasteiger partial charge on any atom is 0.353 e. The van der Waals surface area contributed by atoms with Gasteiger partial charge in [-0.15, -0.1) is 0 Å². The van der Waals surface area contributed by atoms with E-state index in [2.05, 4.69) is 21.9 Å². The molecule has 13 heteroatoms. The van der Waals surface area contributed by atoms with Crippen molar-refractivity contribution in [3.8, 4) is 0 Å². The molecule has 3 aromatic rings. The number of hydrogen-bond acceptors (Lipinski definition) is 9. The molecule has 3 N–H and O–H groups in total. The fourth-order valence-corrected chi connectivity index (χ4v) is 6.83. The number of nitrogens with zero attached hydrogens (tertiary/aromatic N) is 4. The van der Waals surface area contributed by atoms with E-state index in [-0.39, 0.29) is 30.9 Å². The highest BCUT2D eigenvalue weighted by Crippen LogP contribution is 2.43. The Balaban J connectivity index is 1.30. The number of hydrogen-bond donors (Lipinski definition) is 2. The summed E-state index contributed by atoms with van der Waals surface area (Å²) in [4.78, 5) is 22.8. The van der Waals surface area contributed by atoms with Crippen molar-refractivity contribution in [3.63, 3.8) is 0 Å². The van der Waals surface area contributed by atoms with E-state index in [1.54, 1.807) is 10.9 Å². The number of aromatic nitrogens is 4. The number of nitrogen functional groups attached to an aromatic ring is 1. The van der Waals surface area contributed by atoms with Crippen LogP contribution >= 0.6 is 19.2 Å². The zero-order chi connectivity index (χ0) is 35.9. The van der Waals surface area contributed by atoms with Crippen molar-refractivity contribution in [1.82, 2.24) is 19.5 Å². The van der Waals surface area contributed by atoms with E-state index >= 15 is 0 Å².